The van der Waals surface area contributed by atoms with Crippen LogP contribution < -0.4 is 0 Å². The summed E-state index contributed by atoms with van der Waals surface area (Å²) in [5.74, 6) is 4.72. The lowest BCUT2D eigenvalue weighted by Crippen LogP contribution is -2.30. The molecule has 21 heavy (non-hydrogen) atoms. The number of nitrogens with zero attached hydrogens (tertiary/aromatic N) is 1. The van der Waals surface area contributed by atoms with Gasteiger partial charge >= 0.3 is 5.97 Å². The predicted octanol–water partition coefficient (Wildman–Crippen LogP) is 1.06. The van der Waals surface area contributed by atoms with Gasteiger partial charge in [0.05, 0.1) is 18.6 Å². The average Bonchev–Trinajstić information content (AvgIpc) is 2.50. The van der Waals surface area contributed by atoms with Crippen LogP contribution in [0.15, 0.2) is 24.3 Å². The fraction of sp³-hybridized carbons (Fsp3) is 0.375. The van der Waals surface area contributed by atoms with Crippen LogP contribution in [0.4, 0.5) is 0 Å². The van der Waals surface area contributed by atoms with Crippen molar-refractivity contribution in [3.05, 3.63) is 35.4 Å². The van der Waals surface area contributed by atoms with Gasteiger partial charge < -0.3 is 14.7 Å². The molecule has 0 radical (unpaired) electrons. The van der Waals surface area contributed by atoms with Crippen LogP contribution in [-0.4, -0.2) is 48.7 Å². The molecule has 0 aliphatic heterocycles. The molecule has 1 amide bonds. The second kappa shape index (κ2) is 8.77. The Morgan fingerprint density at radius 2 is 2.05 bits per heavy atom. The van der Waals surface area contributed by atoms with Crippen molar-refractivity contribution in [3.8, 4) is 11.8 Å². The number of amides is 1. The Balaban J connectivity index is 2.76. The second-order valence-electron chi connectivity index (χ2n) is 4.29. The maximum atomic E-state index is 12.3. The predicted molar refractivity (Wildman–Crippen MR) is 78.6 cm³/mol. The molecule has 1 N–H and O–H groups in total. The Morgan fingerprint density at radius 3 is 2.71 bits per heavy atom. The van der Waals surface area contributed by atoms with E-state index in [1.165, 1.54) is 4.90 Å². The van der Waals surface area contributed by atoms with Gasteiger partial charge in [0.1, 0.15) is 6.61 Å². The van der Waals surface area contributed by atoms with E-state index in [1.807, 2.05) is 0 Å². The zero-order valence-corrected chi connectivity index (χ0v) is 12.3. The fourth-order valence-corrected chi connectivity index (χ4v) is 1.71. The van der Waals surface area contributed by atoms with Crippen molar-refractivity contribution in [1.29, 1.82) is 0 Å². The summed E-state index contributed by atoms with van der Waals surface area (Å²) in [6.45, 7) is 2.08. The second-order valence-corrected chi connectivity index (χ2v) is 4.29. The zero-order chi connectivity index (χ0) is 15.7. The van der Waals surface area contributed by atoms with Crippen molar-refractivity contribution >= 4 is 11.9 Å². The minimum Gasteiger partial charge on any atom is -0.466 e. The highest BCUT2D eigenvalue weighted by Crippen LogP contribution is 2.10. The van der Waals surface area contributed by atoms with Crippen molar-refractivity contribution < 1.29 is 19.4 Å². The number of aliphatic hydroxyl groups is 1. The van der Waals surface area contributed by atoms with Crippen molar-refractivity contribution in [3.63, 3.8) is 0 Å². The summed E-state index contributed by atoms with van der Waals surface area (Å²) in [7, 11) is 1.62. The van der Waals surface area contributed by atoms with Crippen LogP contribution in [0.25, 0.3) is 0 Å². The van der Waals surface area contributed by atoms with E-state index in [2.05, 4.69) is 11.8 Å². The van der Waals surface area contributed by atoms with Crippen LogP contribution >= 0.6 is 0 Å². The lowest BCUT2D eigenvalue weighted by molar-refractivity contribution is -0.143. The van der Waals surface area contributed by atoms with Gasteiger partial charge in [0.15, 0.2) is 0 Å². The van der Waals surface area contributed by atoms with E-state index in [9.17, 15) is 9.59 Å². The minimum atomic E-state index is -0.328. The van der Waals surface area contributed by atoms with Gasteiger partial charge in [-0.05, 0) is 19.1 Å². The van der Waals surface area contributed by atoms with Crippen molar-refractivity contribution in [2.45, 2.75) is 13.3 Å². The molecule has 0 saturated carbocycles. The molecule has 0 bridgehead atoms. The molecule has 0 aliphatic carbocycles. The average molecular weight is 289 g/mol. The maximum Gasteiger partial charge on any atom is 0.307 e. The number of ether oxygens (including phenoxy) is 1. The number of esters is 1. The van der Waals surface area contributed by atoms with E-state index >= 15 is 0 Å². The van der Waals surface area contributed by atoms with Crippen molar-refractivity contribution in [1.82, 2.24) is 4.90 Å². The standard InChI is InChI=1S/C16H19NO4/c1-3-21-15(19)10-11-17(2)16(20)14-9-5-4-7-13(14)8-6-12-18/h4-5,7,9,18H,3,10-12H2,1-2H3. The summed E-state index contributed by atoms with van der Waals surface area (Å²) in [5, 5.41) is 8.74. The summed E-state index contributed by atoms with van der Waals surface area (Å²) in [4.78, 5) is 25.1. The molecule has 5 heteroatoms. The molecular formula is C16H19NO4. The highest BCUT2D eigenvalue weighted by Gasteiger charge is 2.15. The number of hydrogen-bond donors (Lipinski definition) is 1. The van der Waals surface area contributed by atoms with Gasteiger partial charge in [-0.25, -0.2) is 0 Å². The third-order valence-electron chi connectivity index (χ3n) is 2.76. The third-order valence-corrected chi connectivity index (χ3v) is 2.76. The Labute approximate surface area is 124 Å². The lowest BCUT2D eigenvalue weighted by atomic mass is 10.1. The fourth-order valence-electron chi connectivity index (χ4n) is 1.71. The summed E-state index contributed by atoms with van der Waals surface area (Å²) in [6.07, 6.45) is 0.153. The first-order chi connectivity index (χ1) is 10.1. The normalized spacial score (nSPS) is 9.48. The minimum absolute atomic E-state index is 0.153. The van der Waals surface area contributed by atoms with Crippen LogP contribution in [0.3, 0.4) is 0 Å². The number of benzene rings is 1. The molecule has 1 rings (SSSR count). The monoisotopic (exact) mass is 289 g/mol. The number of hydrogen-bond acceptors (Lipinski definition) is 4. The molecule has 112 valence electrons. The Bertz CT molecular complexity index is 557. The topological polar surface area (TPSA) is 66.8 Å². The van der Waals surface area contributed by atoms with E-state index in [1.54, 1.807) is 38.2 Å². The lowest BCUT2D eigenvalue weighted by Gasteiger charge is -2.17. The first kappa shape index (κ1) is 16.7. The van der Waals surface area contributed by atoms with Gasteiger partial charge in [0, 0.05) is 19.2 Å². The number of carbonyl (C=O) groups excluding carboxylic acids is 2. The van der Waals surface area contributed by atoms with Crippen LogP contribution in [0.2, 0.25) is 0 Å². The summed E-state index contributed by atoms with van der Waals surface area (Å²) in [6, 6.07) is 6.91. The quantitative estimate of drug-likeness (QED) is 0.650. The molecule has 0 saturated heterocycles. The largest absolute Gasteiger partial charge is 0.466 e. The number of carbonyl (C=O) groups is 2. The van der Waals surface area contributed by atoms with Gasteiger partial charge in [0.25, 0.3) is 5.91 Å². The molecule has 5 nitrogen and oxygen atoms in total. The van der Waals surface area contributed by atoms with Crippen LogP contribution in [-0.2, 0) is 9.53 Å². The molecule has 0 fully saturated rings. The number of rotatable bonds is 5. The SMILES string of the molecule is CCOC(=O)CCN(C)C(=O)c1ccccc1C#CCO. The van der Waals surface area contributed by atoms with Gasteiger partial charge in [-0.3, -0.25) is 9.59 Å². The highest BCUT2D eigenvalue weighted by atomic mass is 16.5. The Hall–Kier alpha value is -2.32. The summed E-state index contributed by atoms with van der Waals surface area (Å²) < 4.78 is 4.83. The molecular weight excluding hydrogens is 270 g/mol. The molecule has 0 aliphatic rings. The van der Waals surface area contributed by atoms with Gasteiger partial charge in [-0.2, -0.15) is 0 Å². The van der Waals surface area contributed by atoms with Crippen molar-refractivity contribution in [2.75, 3.05) is 26.8 Å². The van der Waals surface area contributed by atoms with Gasteiger partial charge in [-0.15, -0.1) is 0 Å². The smallest absolute Gasteiger partial charge is 0.307 e. The van der Waals surface area contributed by atoms with Crippen LogP contribution in [0.5, 0.6) is 0 Å². The first-order valence-electron chi connectivity index (χ1n) is 6.70. The van der Waals surface area contributed by atoms with E-state index in [4.69, 9.17) is 9.84 Å². The van der Waals surface area contributed by atoms with E-state index in [0.29, 0.717) is 17.7 Å². The van der Waals surface area contributed by atoms with E-state index < -0.39 is 0 Å². The molecule has 0 spiro atoms. The van der Waals surface area contributed by atoms with Crippen LogP contribution in [0, 0.1) is 11.8 Å². The zero-order valence-electron chi connectivity index (χ0n) is 12.3. The molecule has 0 atom stereocenters. The molecule has 1 aromatic rings. The van der Waals surface area contributed by atoms with E-state index in [-0.39, 0.29) is 31.4 Å². The summed E-state index contributed by atoms with van der Waals surface area (Å²) in [5.41, 5.74) is 1.00. The number of aliphatic hydroxyl groups excluding tert-OH is 1. The first-order valence-corrected chi connectivity index (χ1v) is 6.70. The highest BCUT2D eigenvalue weighted by molar-refractivity contribution is 5.96. The summed E-state index contributed by atoms with van der Waals surface area (Å²) >= 11 is 0. The van der Waals surface area contributed by atoms with Crippen LogP contribution in [0.1, 0.15) is 29.3 Å². The maximum absolute atomic E-state index is 12.3. The third kappa shape index (κ3) is 5.28. The molecule has 1 aromatic carbocycles. The van der Waals surface area contributed by atoms with Gasteiger partial charge in [0.2, 0.25) is 0 Å². The van der Waals surface area contributed by atoms with Crippen molar-refractivity contribution in [2.24, 2.45) is 0 Å². The molecule has 0 unspecified atom stereocenters. The Kier molecular flexibility index (Phi) is 6.99. The molecule has 0 heterocycles. The van der Waals surface area contributed by atoms with E-state index in [0.717, 1.165) is 0 Å². The molecule has 0 aromatic heterocycles. The Morgan fingerprint density at radius 1 is 1.33 bits per heavy atom. The van der Waals surface area contributed by atoms with Gasteiger partial charge in [-0.1, -0.05) is 24.0 Å².